The molecule has 96 valence electrons. The lowest BCUT2D eigenvalue weighted by molar-refractivity contribution is 0.111. The highest BCUT2D eigenvalue weighted by Crippen LogP contribution is 2.31. The summed E-state index contributed by atoms with van der Waals surface area (Å²) in [5.74, 6) is 1.12. The number of ether oxygens (including phenoxy) is 2. The minimum atomic E-state index is 0.279. The number of carbonyl (C=O) groups is 2. The van der Waals surface area contributed by atoms with E-state index in [4.69, 9.17) is 9.47 Å². The van der Waals surface area contributed by atoms with Gasteiger partial charge in [-0.1, -0.05) is 0 Å². The van der Waals surface area contributed by atoms with Gasteiger partial charge in [0.1, 0.15) is 12.6 Å². The molecule has 0 fully saturated rings. The van der Waals surface area contributed by atoms with Gasteiger partial charge in [-0.2, -0.15) is 0 Å². The van der Waals surface area contributed by atoms with E-state index in [2.05, 4.69) is 4.98 Å². The van der Waals surface area contributed by atoms with Gasteiger partial charge in [0, 0.05) is 23.4 Å². The predicted molar refractivity (Wildman–Crippen MR) is 68.1 cm³/mol. The summed E-state index contributed by atoms with van der Waals surface area (Å²) in [6.45, 7) is 0. The Hall–Kier alpha value is -2.69. The van der Waals surface area contributed by atoms with Gasteiger partial charge in [0.15, 0.2) is 11.5 Å². The molecule has 0 aliphatic heterocycles. The average molecular weight is 257 g/mol. The van der Waals surface area contributed by atoms with Crippen molar-refractivity contribution in [3.05, 3.63) is 47.7 Å². The summed E-state index contributed by atoms with van der Waals surface area (Å²) in [6.07, 6.45) is 2.91. The standard InChI is InChI=1S/C14H11NO4/c1-18-13-6-10(8-16)2-3-12(13)19-14-7-11(9-17)4-5-15-14/h2-9H,1H3. The Balaban J connectivity index is 2.31. The van der Waals surface area contributed by atoms with Crippen molar-refractivity contribution in [1.82, 2.24) is 4.98 Å². The van der Waals surface area contributed by atoms with Gasteiger partial charge < -0.3 is 9.47 Å². The molecule has 0 saturated heterocycles. The van der Waals surface area contributed by atoms with Gasteiger partial charge in [-0.3, -0.25) is 9.59 Å². The molecule has 2 aromatic rings. The minimum absolute atomic E-state index is 0.279. The number of hydrogen-bond donors (Lipinski definition) is 0. The van der Waals surface area contributed by atoms with Gasteiger partial charge in [0.05, 0.1) is 7.11 Å². The Bertz CT molecular complexity index is 610. The summed E-state index contributed by atoms with van der Waals surface area (Å²) >= 11 is 0. The number of hydrogen-bond acceptors (Lipinski definition) is 5. The second kappa shape index (κ2) is 5.77. The molecule has 1 heterocycles. The van der Waals surface area contributed by atoms with Crippen LogP contribution in [0.4, 0.5) is 0 Å². The van der Waals surface area contributed by atoms with Crippen LogP contribution in [0.2, 0.25) is 0 Å². The molecule has 0 amide bonds. The van der Waals surface area contributed by atoms with Crippen molar-refractivity contribution in [3.8, 4) is 17.4 Å². The third-order valence-corrected chi connectivity index (χ3v) is 2.43. The van der Waals surface area contributed by atoms with E-state index in [-0.39, 0.29) is 5.88 Å². The number of benzene rings is 1. The zero-order valence-electron chi connectivity index (χ0n) is 10.2. The maximum absolute atomic E-state index is 10.7. The molecule has 2 rings (SSSR count). The fourth-order valence-corrected chi connectivity index (χ4v) is 1.51. The molecule has 1 aromatic carbocycles. The van der Waals surface area contributed by atoms with Crippen LogP contribution in [0.3, 0.4) is 0 Å². The Kier molecular flexibility index (Phi) is 3.87. The maximum Gasteiger partial charge on any atom is 0.220 e. The topological polar surface area (TPSA) is 65.5 Å². The van der Waals surface area contributed by atoms with Gasteiger partial charge >= 0.3 is 0 Å². The molecule has 0 radical (unpaired) electrons. The average Bonchev–Trinajstić information content (AvgIpc) is 2.48. The molecule has 1 aromatic heterocycles. The van der Waals surface area contributed by atoms with Crippen molar-refractivity contribution in [2.75, 3.05) is 7.11 Å². The number of nitrogens with zero attached hydrogens (tertiary/aromatic N) is 1. The highest BCUT2D eigenvalue weighted by Gasteiger charge is 2.08. The lowest BCUT2D eigenvalue weighted by Gasteiger charge is -2.09. The Morgan fingerprint density at radius 1 is 1.00 bits per heavy atom. The lowest BCUT2D eigenvalue weighted by atomic mass is 10.2. The summed E-state index contributed by atoms with van der Waals surface area (Å²) in [7, 11) is 1.48. The predicted octanol–water partition coefficient (Wildman–Crippen LogP) is 2.51. The van der Waals surface area contributed by atoms with Crippen LogP contribution in [-0.2, 0) is 0 Å². The van der Waals surface area contributed by atoms with Crippen molar-refractivity contribution in [1.29, 1.82) is 0 Å². The fourth-order valence-electron chi connectivity index (χ4n) is 1.51. The van der Waals surface area contributed by atoms with E-state index in [0.29, 0.717) is 28.9 Å². The van der Waals surface area contributed by atoms with E-state index in [1.165, 1.54) is 19.4 Å². The van der Waals surface area contributed by atoms with Crippen molar-refractivity contribution >= 4 is 12.6 Å². The summed E-state index contributed by atoms with van der Waals surface area (Å²) < 4.78 is 10.7. The first-order chi connectivity index (χ1) is 9.26. The smallest absolute Gasteiger partial charge is 0.220 e. The van der Waals surface area contributed by atoms with E-state index in [9.17, 15) is 9.59 Å². The fraction of sp³-hybridized carbons (Fsp3) is 0.0714. The number of aldehydes is 2. The molecular weight excluding hydrogens is 246 g/mol. The zero-order chi connectivity index (χ0) is 13.7. The number of pyridine rings is 1. The first-order valence-corrected chi connectivity index (χ1v) is 5.49. The molecule has 0 bridgehead atoms. The maximum atomic E-state index is 10.7. The monoisotopic (exact) mass is 257 g/mol. The van der Waals surface area contributed by atoms with Crippen LogP contribution in [0.5, 0.6) is 17.4 Å². The van der Waals surface area contributed by atoms with Gasteiger partial charge in [-0.25, -0.2) is 4.98 Å². The van der Waals surface area contributed by atoms with Crippen LogP contribution in [0.1, 0.15) is 20.7 Å². The molecule has 0 unspecified atom stereocenters. The summed E-state index contributed by atoms with van der Waals surface area (Å²) in [5.41, 5.74) is 0.951. The van der Waals surface area contributed by atoms with E-state index >= 15 is 0 Å². The second-order valence-electron chi connectivity index (χ2n) is 3.68. The number of carbonyl (C=O) groups excluding carboxylic acids is 2. The molecule has 19 heavy (non-hydrogen) atoms. The first kappa shape index (κ1) is 12.8. The van der Waals surface area contributed by atoms with Gasteiger partial charge in [-0.15, -0.1) is 0 Å². The van der Waals surface area contributed by atoms with Gasteiger partial charge in [0.25, 0.3) is 0 Å². The molecule has 0 atom stereocenters. The van der Waals surface area contributed by atoms with Crippen LogP contribution in [0.15, 0.2) is 36.5 Å². The zero-order valence-corrected chi connectivity index (χ0v) is 10.2. The molecule has 0 spiro atoms. The van der Waals surface area contributed by atoms with Crippen LogP contribution in [0.25, 0.3) is 0 Å². The van der Waals surface area contributed by atoms with Crippen molar-refractivity contribution < 1.29 is 19.1 Å². The van der Waals surface area contributed by atoms with Crippen LogP contribution < -0.4 is 9.47 Å². The Morgan fingerprint density at radius 2 is 1.74 bits per heavy atom. The molecule has 5 nitrogen and oxygen atoms in total. The third-order valence-electron chi connectivity index (χ3n) is 2.43. The third kappa shape index (κ3) is 2.95. The molecule has 0 aliphatic carbocycles. The number of aromatic nitrogens is 1. The first-order valence-electron chi connectivity index (χ1n) is 5.49. The number of methoxy groups -OCH3 is 1. The summed E-state index contributed by atoms with van der Waals surface area (Å²) in [6, 6.07) is 7.87. The van der Waals surface area contributed by atoms with Gasteiger partial charge in [0.2, 0.25) is 5.88 Å². The molecule has 0 aliphatic rings. The molecule has 0 N–H and O–H groups in total. The van der Waals surface area contributed by atoms with Gasteiger partial charge in [-0.05, 0) is 24.3 Å². The van der Waals surface area contributed by atoms with E-state index in [1.807, 2.05) is 0 Å². The molecule has 0 saturated carbocycles. The highest BCUT2D eigenvalue weighted by molar-refractivity contribution is 5.76. The van der Waals surface area contributed by atoms with Crippen molar-refractivity contribution in [2.24, 2.45) is 0 Å². The normalized spacial score (nSPS) is 9.74. The number of rotatable bonds is 5. The van der Waals surface area contributed by atoms with E-state index in [0.717, 1.165) is 6.29 Å². The second-order valence-corrected chi connectivity index (χ2v) is 3.68. The SMILES string of the molecule is COc1cc(C=O)ccc1Oc1cc(C=O)ccn1. The molecular formula is C14H11NO4. The Morgan fingerprint density at radius 3 is 2.42 bits per heavy atom. The van der Waals surface area contributed by atoms with Crippen LogP contribution >= 0.6 is 0 Å². The Labute approximate surface area is 109 Å². The summed E-state index contributed by atoms with van der Waals surface area (Å²) in [5, 5.41) is 0. The van der Waals surface area contributed by atoms with Crippen LogP contribution in [-0.4, -0.2) is 24.7 Å². The quantitative estimate of drug-likeness (QED) is 0.770. The van der Waals surface area contributed by atoms with E-state index in [1.54, 1.807) is 24.3 Å². The van der Waals surface area contributed by atoms with Crippen molar-refractivity contribution in [2.45, 2.75) is 0 Å². The van der Waals surface area contributed by atoms with Crippen molar-refractivity contribution in [3.63, 3.8) is 0 Å². The highest BCUT2D eigenvalue weighted by atomic mass is 16.5. The molecule has 5 heteroatoms. The largest absolute Gasteiger partial charge is 0.493 e. The van der Waals surface area contributed by atoms with E-state index < -0.39 is 0 Å². The minimum Gasteiger partial charge on any atom is -0.493 e. The summed E-state index contributed by atoms with van der Waals surface area (Å²) in [4.78, 5) is 25.3. The lowest BCUT2D eigenvalue weighted by Crippen LogP contribution is -1.94. The van der Waals surface area contributed by atoms with Crippen LogP contribution in [0, 0.1) is 0 Å².